The van der Waals surface area contributed by atoms with Gasteiger partial charge in [-0.25, -0.2) is 8.42 Å². The Morgan fingerprint density at radius 1 is 1.00 bits per heavy atom. The van der Waals surface area contributed by atoms with Gasteiger partial charge >= 0.3 is 0 Å². The van der Waals surface area contributed by atoms with Crippen molar-refractivity contribution in [1.29, 1.82) is 0 Å². The first kappa shape index (κ1) is 18.5. The van der Waals surface area contributed by atoms with E-state index in [1.54, 1.807) is 31.2 Å². The van der Waals surface area contributed by atoms with E-state index in [0.29, 0.717) is 16.3 Å². The van der Waals surface area contributed by atoms with E-state index < -0.39 is 10.0 Å². The Morgan fingerprint density at radius 2 is 1.79 bits per heavy atom. The van der Waals surface area contributed by atoms with Crippen molar-refractivity contribution in [3.05, 3.63) is 76.8 Å². The molecular formula is C21H18ClN3O2S. The molecule has 2 N–H and O–H groups in total. The van der Waals surface area contributed by atoms with E-state index in [9.17, 15) is 8.42 Å². The fourth-order valence-electron chi connectivity index (χ4n) is 3.25. The van der Waals surface area contributed by atoms with Gasteiger partial charge in [0.25, 0.3) is 10.0 Å². The molecule has 0 fully saturated rings. The first-order valence-corrected chi connectivity index (χ1v) is 10.5. The van der Waals surface area contributed by atoms with Crippen LogP contribution in [0, 0.1) is 13.8 Å². The molecule has 4 rings (SSSR count). The summed E-state index contributed by atoms with van der Waals surface area (Å²) in [6.45, 7) is 3.72. The van der Waals surface area contributed by atoms with Gasteiger partial charge in [-0.2, -0.15) is 5.10 Å². The SMILES string of the molecule is Cc1ccc(S(=O)(=O)Nc2ccc3c(-c4ccccc4Cl)n[nH]c3c2)c(C)c1. The number of nitrogens with zero attached hydrogens (tertiary/aromatic N) is 1. The van der Waals surface area contributed by atoms with Crippen LogP contribution in [0.3, 0.4) is 0 Å². The van der Waals surface area contributed by atoms with Crippen LogP contribution in [0.1, 0.15) is 11.1 Å². The van der Waals surface area contributed by atoms with Crippen LogP contribution >= 0.6 is 11.6 Å². The molecule has 0 saturated heterocycles. The molecule has 0 aliphatic heterocycles. The Kier molecular flexibility index (Phi) is 4.61. The van der Waals surface area contributed by atoms with Crippen LogP contribution < -0.4 is 4.72 Å². The molecule has 0 atom stereocenters. The van der Waals surface area contributed by atoms with Crippen molar-refractivity contribution in [2.24, 2.45) is 0 Å². The van der Waals surface area contributed by atoms with Crippen LogP contribution in [-0.2, 0) is 10.0 Å². The molecule has 28 heavy (non-hydrogen) atoms. The van der Waals surface area contributed by atoms with Gasteiger partial charge in [0.2, 0.25) is 0 Å². The second-order valence-electron chi connectivity index (χ2n) is 6.69. The van der Waals surface area contributed by atoms with Crippen molar-refractivity contribution < 1.29 is 8.42 Å². The van der Waals surface area contributed by atoms with Gasteiger partial charge in [0.15, 0.2) is 0 Å². The van der Waals surface area contributed by atoms with Crippen molar-refractivity contribution in [2.75, 3.05) is 4.72 Å². The third-order valence-electron chi connectivity index (χ3n) is 4.56. The second kappa shape index (κ2) is 6.96. The molecule has 0 saturated carbocycles. The zero-order valence-corrected chi connectivity index (χ0v) is 16.9. The monoisotopic (exact) mass is 411 g/mol. The third-order valence-corrected chi connectivity index (χ3v) is 6.44. The lowest BCUT2D eigenvalue weighted by molar-refractivity contribution is 0.600. The maximum absolute atomic E-state index is 12.8. The lowest BCUT2D eigenvalue weighted by Crippen LogP contribution is -2.14. The number of sulfonamides is 1. The van der Waals surface area contributed by atoms with Gasteiger partial charge in [-0.1, -0.05) is 47.5 Å². The lowest BCUT2D eigenvalue weighted by Gasteiger charge is -2.11. The average molecular weight is 412 g/mol. The number of hydrogen-bond donors (Lipinski definition) is 2. The Bertz CT molecular complexity index is 1300. The summed E-state index contributed by atoms with van der Waals surface area (Å²) >= 11 is 6.28. The number of rotatable bonds is 4. The molecule has 142 valence electrons. The van der Waals surface area contributed by atoms with Gasteiger partial charge < -0.3 is 0 Å². The summed E-state index contributed by atoms with van der Waals surface area (Å²) in [5, 5.41) is 8.78. The number of aromatic amines is 1. The first-order chi connectivity index (χ1) is 13.3. The highest BCUT2D eigenvalue weighted by atomic mass is 35.5. The normalized spacial score (nSPS) is 11.7. The number of H-pyrrole nitrogens is 1. The number of aryl methyl sites for hydroxylation is 2. The molecule has 7 heteroatoms. The van der Waals surface area contributed by atoms with Gasteiger partial charge in [0.1, 0.15) is 5.69 Å². The van der Waals surface area contributed by atoms with E-state index in [2.05, 4.69) is 14.9 Å². The topological polar surface area (TPSA) is 74.8 Å². The number of fused-ring (bicyclic) bond motifs is 1. The minimum atomic E-state index is -3.69. The average Bonchev–Trinajstić information content (AvgIpc) is 3.04. The Labute approximate surface area is 168 Å². The van der Waals surface area contributed by atoms with Gasteiger partial charge in [0.05, 0.1) is 21.1 Å². The minimum Gasteiger partial charge on any atom is -0.280 e. The van der Waals surface area contributed by atoms with E-state index in [1.807, 2.05) is 43.3 Å². The number of aromatic nitrogens is 2. The van der Waals surface area contributed by atoms with Gasteiger partial charge in [0, 0.05) is 10.9 Å². The smallest absolute Gasteiger partial charge is 0.262 e. The van der Waals surface area contributed by atoms with Crippen LogP contribution in [0.25, 0.3) is 22.2 Å². The standard InChI is InChI=1S/C21H18ClN3O2S/c1-13-7-10-20(14(2)11-13)28(26,27)25-15-8-9-17-19(12-15)23-24-21(17)16-5-3-4-6-18(16)22/h3-12,25H,1-2H3,(H,23,24). The maximum atomic E-state index is 12.8. The highest BCUT2D eigenvalue weighted by Gasteiger charge is 2.18. The zero-order valence-electron chi connectivity index (χ0n) is 15.3. The molecule has 0 spiro atoms. The molecule has 4 aromatic rings. The molecule has 0 amide bonds. The van der Waals surface area contributed by atoms with Crippen LogP contribution in [0.15, 0.2) is 65.6 Å². The summed E-state index contributed by atoms with van der Waals surface area (Å²) in [4.78, 5) is 0.263. The molecule has 3 aromatic carbocycles. The maximum Gasteiger partial charge on any atom is 0.262 e. The van der Waals surface area contributed by atoms with Crippen LogP contribution in [0.5, 0.6) is 0 Å². The van der Waals surface area contributed by atoms with Crippen molar-refractivity contribution in [3.8, 4) is 11.3 Å². The fourth-order valence-corrected chi connectivity index (χ4v) is 4.76. The van der Waals surface area contributed by atoms with Gasteiger partial charge in [-0.05, 0) is 49.7 Å². The Balaban J connectivity index is 1.70. The largest absolute Gasteiger partial charge is 0.280 e. The summed E-state index contributed by atoms with van der Waals surface area (Å²) in [7, 11) is -3.69. The number of nitrogens with one attached hydrogen (secondary N) is 2. The van der Waals surface area contributed by atoms with E-state index in [-0.39, 0.29) is 4.90 Å². The number of halogens is 1. The second-order valence-corrected chi connectivity index (χ2v) is 8.74. The Hall–Kier alpha value is -2.83. The third kappa shape index (κ3) is 3.37. The minimum absolute atomic E-state index is 0.263. The summed E-state index contributed by atoms with van der Waals surface area (Å²) in [6, 6.07) is 18.0. The number of benzene rings is 3. The summed E-state index contributed by atoms with van der Waals surface area (Å²) in [5.74, 6) is 0. The molecule has 1 heterocycles. The zero-order chi connectivity index (χ0) is 19.9. The molecule has 0 unspecified atom stereocenters. The van der Waals surface area contributed by atoms with Crippen molar-refractivity contribution >= 4 is 38.2 Å². The highest BCUT2D eigenvalue weighted by Crippen LogP contribution is 2.33. The van der Waals surface area contributed by atoms with E-state index in [4.69, 9.17) is 11.6 Å². The van der Waals surface area contributed by atoms with Crippen LogP contribution in [0.2, 0.25) is 5.02 Å². The van der Waals surface area contributed by atoms with Crippen molar-refractivity contribution in [3.63, 3.8) is 0 Å². The quantitative estimate of drug-likeness (QED) is 0.478. The highest BCUT2D eigenvalue weighted by molar-refractivity contribution is 7.92. The molecule has 1 aromatic heterocycles. The summed E-state index contributed by atoms with van der Waals surface area (Å²) < 4.78 is 28.2. The molecule has 0 bridgehead atoms. The number of anilines is 1. The van der Waals surface area contributed by atoms with Gasteiger partial charge in [-0.3, -0.25) is 9.82 Å². The molecule has 5 nitrogen and oxygen atoms in total. The molecule has 0 radical (unpaired) electrons. The van der Waals surface area contributed by atoms with Crippen molar-refractivity contribution in [2.45, 2.75) is 18.7 Å². The predicted molar refractivity (Wildman–Crippen MR) is 113 cm³/mol. The van der Waals surface area contributed by atoms with Crippen molar-refractivity contribution in [1.82, 2.24) is 10.2 Å². The lowest BCUT2D eigenvalue weighted by atomic mass is 10.1. The van der Waals surface area contributed by atoms with Gasteiger partial charge in [-0.15, -0.1) is 0 Å². The summed E-state index contributed by atoms with van der Waals surface area (Å²) in [5.41, 5.74) is 4.44. The predicted octanol–water partition coefficient (Wildman–Crippen LogP) is 5.30. The van der Waals surface area contributed by atoms with Crippen LogP contribution in [-0.4, -0.2) is 18.6 Å². The van der Waals surface area contributed by atoms with E-state index >= 15 is 0 Å². The van der Waals surface area contributed by atoms with E-state index in [0.717, 1.165) is 27.7 Å². The number of hydrogen-bond acceptors (Lipinski definition) is 3. The Morgan fingerprint density at radius 3 is 2.54 bits per heavy atom. The first-order valence-electron chi connectivity index (χ1n) is 8.68. The molecule has 0 aliphatic carbocycles. The van der Waals surface area contributed by atoms with Crippen LogP contribution in [0.4, 0.5) is 5.69 Å². The molecular weight excluding hydrogens is 394 g/mol. The molecule has 0 aliphatic rings. The van der Waals surface area contributed by atoms with E-state index in [1.165, 1.54) is 0 Å². The summed E-state index contributed by atoms with van der Waals surface area (Å²) in [6.07, 6.45) is 0. The fraction of sp³-hybridized carbons (Fsp3) is 0.0952.